The third-order valence-electron chi connectivity index (χ3n) is 4.91. The molecule has 1 aliphatic heterocycles. The fourth-order valence-electron chi connectivity index (χ4n) is 3.64. The number of likely N-dealkylation sites (tertiary alicyclic amines) is 1. The molecule has 0 bridgehead atoms. The van der Waals surface area contributed by atoms with E-state index < -0.39 is 6.04 Å². The van der Waals surface area contributed by atoms with Gasteiger partial charge in [-0.3, -0.25) is 4.79 Å². The minimum atomic E-state index is -0.438. The minimum absolute atomic E-state index is 0.0232. The largest absolute Gasteiger partial charge is 0.464 e. The maximum atomic E-state index is 12.9. The van der Waals surface area contributed by atoms with E-state index in [9.17, 15) is 9.59 Å². The number of carbonyl (C=O) groups is 2. The molecule has 132 valence electrons. The Morgan fingerprint density at radius 1 is 1.21 bits per heavy atom. The molecular weight excluding hydrogens is 302 g/mol. The Balaban J connectivity index is 2.19. The number of esters is 1. The molecule has 1 aromatic rings. The first-order valence-corrected chi connectivity index (χ1v) is 8.86. The van der Waals surface area contributed by atoms with Crippen molar-refractivity contribution < 1.29 is 14.3 Å². The standard InChI is InChI=1S/C20H29NO3/c1-6-24-20(23)18-11-13(2)7-8-21(18)19(22)12-17-15(4)9-14(3)10-16(17)5/h9-10,13,18H,6-8,11-12H2,1-5H3. The van der Waals surface area contributed by atoms with E-state index in [0.29, 0.717) is 31.9 Å². The Morgan fingerprint density at radius 3 is 2.42 bits per heavy atom. The average Bonchev–Trinajstić information content (AvgIpc) is 2.50. The molecule has 0 saturated carbocycles. The van der Waals surface area contributed by atoms with Crippen molar-refractivity contribution in [2.24, 2.45) is 5.92 Å². The number of benzene rings is 1. The van der Waals surface area contributed by atoms with Crippen LogP contribution in [0.5, 0.6) is 0 Å². The first-order valence-electron chi connectivity index (χ1n) is 8.86. The molecule has 1 aliphatic rings. The number of carbonyl (C=O) groups excluding carboxylic acids is 2. The Morgan fingerprint density at radius 2 is 1.83 bits per heavy atom. The molecule has 0 N–H and O–H groups in total. The third kappa shape index (κ3) is 4.16. The van der Waals surface area contributed by atoms with Gasteiger partial charge in [0.15, 0.2) is 0 Å². The van der Waals surface area contributed by atoms with Gasteiger partial charge in [0.25, 0.3) is 0 Å². The molecule has 1 fully saturated rings. The molecule has 2 unspecified atom stereocenters. The molecule has 1 amide bonds. The summed E-state index contributed by atoms with van der Waals surface area (Å²) in [6.07, 6.45) is 1.98. The summed E-state index contributed by atoms with van der Waals surface area (Å²) in [7, 11) is 0. The van der Waals surface area contributed by atoms with Gasteiger partial charge < -0.3 is 9.64 Å². The highest BCUT2D eigenvalue weighted by Crippen LogP contribution is 2.25. The van der Waals surface area contributed by atoms with Crippen molar-refractivity contribution in [1.82, 2.24) is 4.90 Å². The summed E-state index contributed by atoms with van der Waals surface area (Å²) in [4.78, 5) is 26.9. The first kappa shape index (κ1) is 18.5. The van der Waals surface area contributed by atoms with Crippen LogP contribution in [0.25, 0.3) is 0 Å². The number of piperidine rings is 1. The lowest BCUT2D eigenvalue weighted by atomic mass is 9.91. The van der Waals surface area contributed by atoms with Gasteiger partial charge in [-0.15, -0.1) is 0 Å². The normalized spacial score (nSPS) is 20.8. The summed E-state index contributed by atoms with van der Waals surface area (Å²) >= 11 is 0. The van der Waals surface area contributed by atoms with E-state index in [1.54, 1.807) is 11.8 Å². The monoisotopic (exact) mass is 331 g/mol. The zero-order valence-corrected chi connectivity index (χ0v) is 15.5. The van der Waals surface area contributed by atoms with Gasteiger partial charge >= 0.3 is 5.97 Å². The molecular formula is C20H29NO3. The zero-order chi connectivity index (χ0) is 17.9. The van der Waals surface area contributed by atoms with Gasteiger partial charge in [0.05, 0.1) is 13.0 Å². The molecule has 0 radical (unpaired) electrons. The predicted octanol–water partition coefficient (Wildman–Crippen LogP) is 3.34. The Kier molecular flexibility index (Phi) is 6.03. The van der Waals surface area contributed by atoms with Crippen LogP contribution in [0.4, 0.5) is 0 Å². The van der Waals surface area contributed by atoms with E-state index in [-0.39, 0.29) is 11.9 Å². The van der Waals surface area contributed by atoms with Crippen LogP contribution in [0.1, 0.15) is 48.9 Å². The Labute approximate surface area is 145 Å². The van der Waals surface area contributed by atoms with E-state index >= 15 is 0 Å². The van der Waals surface area contributed by atoms with E-state index in [0.717, 1.165) is 23.1 Å². The van der Waals surface area contributed by atoms with Gasteiger partial charge in [-0.2, -0.15) is 0 Å². The van der Waals surface area contributed by atoms with Crippen molar-refractivity contribution in [3.05, 3.63) is 34.4 Å². The van der Waals surface area contributed by atoms with Crippen molar-refractivity contribution in [3.8, 4) is 0 Å². The quantitative estimate of drug-likeness (QED) is 0.795. The maximum Gasteiger partial charge on any atom is 0.328 e. The molecule has 4 nitrogen and oxygen atoms in total. The van der Waals surface area contributed by atoms with Crippen molar-refractivity contribution >= 4 is 11.9 Å². The lowest BCUT2D eigenvalue weighted by Gasteiger charge is -2.37. The van der Waals surface area contributed by atoms with Crippen molar-refractivity contribution in [2.45, 2.75) is 59.9 Å². The highest BCUT2D eigenvalue weighted by Gasteiger charge is 2.35. The molecule has 4 heteroatoms. The molecule has 1 aromatic carbocycles. The Hall–Kier alpha value is -1.84. The fraction of sp³-hybridized carbons (Fsp3) is 0.600. The van der Waals surface area contributed by atoms with E-state index in [2.05, 4.69) is 26.0 Å². The number of ether oxygens (including phenoxy) is 1. The summed E-state index contributed by atoms with van der Waals surface area (Å²) in [6, 6.07) is 3.78. The molecule has 1 heterocycles. The van der Waals surface area contributed by atoms with Crippen LogP contribution in [0.3, 0.4) is 0 Å². The predicted molar refractivity (Wildman–Crippen MR) is 94.9 cm³/mol. The number of nitrogens with zero attached hydrogens (tertiary/aromatic N) is 1. The van der Waals surface area contributed by atoms with Gasteiger partial charge in [-0.1, -0.05) is 24.6 Å². The maximum absolute atomic E-state index is 12.9. The lowest BCUT2D eigenvalue weighted by molar-refractivity contribution is -0.157. The van der Waals surface area contributed by atoms with E-state index in [4.69, 9.17) is 4.74 Å². The number of rotatable bonds is 4. The summed E-state index contributed by atoms with van der Waals surface area (Å²) in [5.74, 6) is 0.191. The average molecular weight is 331 g/mol. The van der Waals surface area contributed by atoms with Gasteiger partial charge in [-0.25, -0.2) is 4.79 Å². The molecule has 0 spiro atoms. The van der Waals surface area contributed by atoms with Crippen LogP contribution < -0.4 is 0 Å². The first-order chi connectivity index (χ1) is 11.3. The number of amides is 1. The van der Waals surface area contributed by atoms with Crippen molar-refractivity contribution in [1.29, 1.82) is 0 Å². The molecule has 2 rings (SSSR count). The van der Waals surface area contributed by atoms with E-state index in [1.807, 2.05) is 13.8 Å². The van der Waals surface area contributed by atoms with Crippen LogP contribution in [0.2, 0.25) is 0 Å². The smallest absolute Gasteiger partial charge is 0.328 e. The fourth-order valence-corrected chi connectivity index (χ4v) is 3.64. The van der Waals surface area contributed by atoms with Gasteiger partial charge in [0.2, 0.25) is 5.91 Å². The summed E-state index contributed by atoms with van der Waals surface area (Å²) < 4.78 is 5.19. The van der Waals surface area contributed by atoms with Gasteiger partial charge in [-0.05, 0) is 63.1 Å². The van der Waals surface area contributed by atoms with Crippen LogP contribution in [-0.2, 0) is 20.7 Å². The van der Waals surface area contributed by atoms with Gasteiger partial charge in [0.1, 0.15) is 6.04 Å². The van der Waals surface area contributed by atoms with E-state index in [1.165, 1.54) is 5.56 Å². The van der Waals surface area contributed by atoms with Crippen LogP contribution >= 0.6 is 0 Å². The summed E-state index contributed by atoms with van der Waals surface area (Å²) in [5, 5.41) is 0. The topological polar surface area (TPSA) is 46.6 Å². The minimum Gasteiger partial charge on any atom is -0.464 e. The zero-order valence-electron chi connectivity index (χ0n) is 15.5. The number of hydrogen-bond acceptors (Lipinski definition) is 3. The number of aryl methyl sites for hydroxylation is 3. The second kappa shape index (κ2) is 7.82. The molecule has 1 saturated heterocycles. The molecule has 24 heavy (non-hydrogen) atoms. The molecule has 0 aliphatic carbocycles. The highest BCUT2D eigenvalue weighted by molar-refractivity contribution is 5.86. The van der Waals surface area contributed by atoms with Crippen LogP contribution in [0, 0.1) is 26.7 Å². The second-order valence-electron chi connectivity index (χ2n) is 7.04. The summed E-state index contributed by atoms with van der Waals surface area (Å²) in [6.45, 7) is 11.1. The van der Waals surface area contributed by atoms with Crippen molar-refractivity contribution in [3.63, 3.8) is 0 Å². The van der Waals surface area contributed by atoms with Crippen LogP contribution in [0.15, 0.2) is 12.1 Å². The lowest BCUT2D eigenvalue weighted by Crippen LogP contribution is -2.51. The Bertz CT molecular complexity index is 600. The highest BCUT2D eigenvalue weighted by atomic mass is 16.5. The molecule has 0 aromatic heterocycles. The third-order valence-corrected chi connectivity index (χ3v) is 4.91. The molecule has 2 atom stereocenters. The number of hydrogen-bond donors (Lipinski definition) is 0. The van der Waals surface area contributed by atoms with Crippen molar-refractivity contribution in [2.75, 3.05) is 13.2 Å². The van der Waals surface area contributed by atoms with Crippen LogP contribution in [-0.4, -0.2) is 36.0 Å². The summed E-state index contributed by atoms with van der Waals surface area (Å²) in [5.41, 5.74) is 4.56. The second-order valence-corrected chi connectivity index (χ2v) is 7.04. The SMILES string of the molecule is CCOC(=O)C1CC(C)CCN1C(=O)Cc1c(C)cc(C)cc1C. The van der Waals surface area contributed by atoms with Gasteiger partial charge in [0, 0.05) is 6.54 Å².